The maximum Gasteiger partial charge on any atom is 0.416 e. The van der Waals surface area contributed by atoms with E-state index >= 15 is 0 Å². The molecule has 30 heavy (non-hydrogen) atoms. The summed E-state index contributed by atoms with van der Waals surface area (Å²) >= 11 is 5.79. The lowest BCUT2D eigenvalue weighted by Crippen LogP contribution is -2.36. The van der Waals surface area contributed by atoms with Gasteiger partial charge in [-0.3, -0.25) is 14.4 Å². The van der Waals surface area contributed by atoms with Crippen molar-refractivity contribution in [2.45, 2.75) is 19.2 Å². The third-order valence-electron chi connectivity index (χ3n) is 3.71. The van der Waals surface area contributed by atoms with Gasteiger partial charge in [0.15, 0.2) is 6.10 Å². The summed E-state index contributed by atoms with van der Waals surface area (Å²) in [5, 5.41) is 4.20. The molecule has 2 aromatic rings. The Morgan fingerprint density at radius 3 is 2.47 bits per heavy atom. The molecular weight excluding hydrogens is 432 g/mol. The lowest BCUT2D eigenvalue weighted by Gasteiger charge is -2.16. The number of alkyl halides is 3. The average molecular weight is 447 g/mol. The summed E-state index contributed by atoms with van der Waals surface area (Å²) < 4.78 is 56.3. The minimum absolute atomic E-state index is 0.0206. The second-order valence-electron chi connectivity index (χ2n) is 6.01. The average Bonchev–Trinajstić information content (AvgIpc) is 2.66. The van der Waals surface area contributed by atoms with Gasteiger partial charge in [0.2, 0.25) is 0 Å². The normalized spacial score (nSPS) is 12.1. The highest BCUT2D eigenvalue weighted by Crippen LogP contribution is 2.33. The molecular formula is C19H15ClF4N2O4. The highest BCUT2D eigenvalue weighted by Gasteiger charge is 2.31. The number of nitrogens with one attached hydrogen (secondary N) is 2. The molecule has 0 aliphatic carbocycles. The summed E-state index contributed by atoms with van der Waals surface area (Å²) in [6, 6.07) is 7.12. The second kappa shape index (κ2) is 9.57. The number of rotatable bonds is 6. The summed E-state index contributed by atoms with van der Waals surface area (Å²) in [4.78, 5) is 35.7. The third-order valence-corrected chi connectivity index (χ3v) is 4.04. The molecule has 11 heteroatoms. The second-order valence-corrected chi connectivity index (χ2v) is 6.41. The van der Waals surface area contributed by atoms with E-state index in [4.69, 9.17) is 16.3 Å². The van der Waals surface area contributed by atoms with Crippen molar-refractivity contribution >= 4 is 35.1 Å². The molecule has 0 radical (unpaired) electrons. The molecule has 2 amide bonds. The predicted molar refractivity (Wildman–Crippen MR) is 99.4 cm³/mol. The molecule has 0 aromatic heterocycles. The molecule has 0 aliphatic heterocycles. The van der Waals surface area contributed by atoms with Crippen molar-refractivity contribution in [2.75, 3.05) is 11.9 Å². The van der Waals surface area contributed by atoms with Crippen LogP contribution in [0.25, 0.3) is 0 Å². The van der Waals surface area contributed by atoms with Crippen LogP contribution in [0.4, 0.5) is 23.2 Å². The fraction of sp³-hybridized carbons (Fsp3) is 0.211. The lowest BCUT2D eigenvalue weighted by atomic mass is 10.2. The van der Waals surface area contributed by atoms with Crippen LogP contribution in [0.3, 0.4) is 0 Å². The Bertz CT molecular complexity index is 966. The summed E-state index contributed by atoms with van der Waals surface area (Å²) in [6.07, 6.45) is -6.03. The van der Waals surface area contributed by atoms with Crippen molar-refractivity contribution in [1.82, 2.24) is 5.32 Å². The van der Waals surface area contributed by atoms with E-state index in [0.717, 1.165) is 24.3 Å². The van der Waals surface area contributed by atoms with E-state index in [0.29, 0.717) is 6.07 Å². The fourth-order valence-corrected chi connectivity index (χ4v) is 2.37. The molecule has 0 fully saturated rings. The number of carbonyl (C=O) groups is 3. The van der Waals surface area contributed by atoms with E-state index in [1.165, 1.54) is 19.1 Å². The first-order chi connectivity index (χ1) is 14.0. The van der Waals surface area contributed by atoms with Gasteiger partial charge in [0.1, 0.15) is 12.4 Å². The quantitative estimate of drug-likeness (QED) is 0.522. The molecule has 2 N–H and O–H groups in total. The van der Waals surface area contributed by atoms with Gasteiger partial charge in [-0.1, -0.05) is 17.7 Å². The number of amides is 2. The number of hydrogen-bond donors (Lipinski definition) is 2. The minimum Gasteiger partial charge on any atom is -0.451 e. The van der Waals surface area contributed by atoms with Crippen LogP contribution in [0.5, 0.6) is 0 Å². The Kier molecular flexibility index (Phi) is 7.38. The molecule has 2 rings (SSSR count). The zero-order valence-electron chi connectivity index (χ0n) is 15.3. The maximum atomic E-state index is 13.1. The number of carbonyl (C=O) groups excluding carboxylic acids is 3. The van der Waals surface area contributed by atoms with Crippen LogP contribution < -0.4 is 10.6 Å². The van der Waals surface area contributed by atoms with Crippen LogP contribution in [-0.4, -0.2) is 30.4 Å². The third kappa shape index (κ3) is 6.45. The van der Waals surface area contributed by atoms with Crippen LogP contribution in [0.2, 0.25) is 5.02 Å². The summed E-state index contributed by atoms with van der Waals surface area (Å²) in [5.74, 6) is -3.29. The van der Waals surface area contributed by atoms with Gasteiger partial charge in [0.25, 0.3) is 11.8 Å². The predicted octanol–water partition coefficient (Wildman–Crippen LogP) is 3.80. The zero-order chi connectivity index (χ0) is 22.5. The Hall–Kier alpha value is -3.14. The number of ether oxygens (including phenoxy) is 1. The molecule has 6 nitrogen and oxygen atoms in total. The van der Waals surface area contributed by atoms with Crippen LogP contribution in [0.1, 0.15) is 22.8 Å². The van der Waals surface area contributed by atoms with Gasteiger partial charge >= 0.3 is 12.1 Å². The van der Waals surface area contributed by atoms with Gasteiger partial charge in [0.05, 0.1) is 16.3 Å². The van der Waals surface area contributed by atoms with E-state index in [-0.39, 0.29) is 16.3 Å². The van der Waals surface area contributed by atoms with E-state index < -0.39 is 48.0 Å². The van der Waals surface area contributed by atoms with Crippen molar-refractivity contribution in [2.24, 2.45) is 0 Å². The van der Waals surface area contributed by atoms with Crippen molar-refractivity contribution in [3.8, 4) is 0 Å². The molecule has 1 atom stereocenters. The first-order valence-corrected chi connectivity index (χ1v) is 8.76. The van der Waals surface area contributed by atoms with Gasteiger partial charge in [-0.05, 0) is 43.3 Å². The molecule has 0 spiro atoms. The van der Waals surface area contributed by atoms with Gasteiger partial charge in [-0.2, -0.15) is 13.2 Å². The Labute approximate surface area is 173 Å². The first-order valence-electron chi connectivity index (χ1n) is 8.38. The number of benzene rings is 2. The molecule has 0 heterocycles. The largest absolute Gasteiger partial charge is 0.451 e. The van der Waals surface area contributed by atoms with Crippen LogP contribution in [0, 0.1) is 5.82 Å². The molecule has 2 aromatic carbocycles. The molecule has 0 aliphatic rings. The minimum atomic E-state index is -4.64. The SMILES string of the molecule is CC(OC(=O)CNC(=O)c1cccc(F)c1)C(=O)Nc1cc(C(F)(F)F)ccc1Cl. The van der Waals surface area contributed by atoms with Gasteiger partial charge in [-0.15, -0.1) is 0 Å². The van der Waals surface area contributed by atoms with Gasteiger partial charge in [-0.25, -0.2) is 4.39 Å². The van der Waals surface area contributed by atoms with Crippen LogP contribution in [-0.2, 0) is 20.5 Å². The van der Waals surface area contributed by atoms with Gasteiger partial charge in [0, 0.05) is 5.56 Å². The molecule has 160 valence electrons. The molecule has 1 unspecified atom stereocenters. The topological polar surface area (TPSA) is 84.5 Å². The highest BCUT2D eigenvalue weighted by atomic mass is 35.5. The number of halogens is 5. The van der Waals surface area contributed by atoms with Crippen molar-refractivity contribution in [1.29, 1.82) is 0 Å². The Balaban J connectivity index is 1.91. The summed E-state index contributed by atoms with van der Waals surface area (Å²) in [6.45, 7) is 0.570. The van der Waals surface area contributed by atoms with E-state index in [9.17, 15) is 31.9 Å². The number of hydrogen-bond acceptors (Lipinski definition) is 4. The number of esters is 1. The van der Waals surface area contributed by atoms with E-state index in [1.54, 1.807) is 0 Å². The van der Waals surface area contributed by atoms with Crippen LogP contribution >= 0.6 is 11.6 Å². The maximum absolute atomic E-state index is 13.1. The molecule has 0 saturated carbocycles. The fourth-order valence-electron chi connectivity index (χ4n) is 2.21. The van der Waals surface area contributed by atoms with Crippen LogP contribution in [0.15, 0.2) is 42.5 Å². The zero-order valence-corrected chi connectivity index (χ0v) is 16.1. The molecule has 0 bridgehead atoms. The van der Waals surface area contributed by atoms with Gasteiger partial charge < -0.3 is 15.4 Å². The monoisotopic (exact) mass is 446 g/mol. The lowest BCUT2D eigenvalue weighted by molar-refractivity contribution is -0.152. The van der Waals surface area contributed by atoms with E-state index in [2.05, 4.69) is 10.6 Å². The smallest absolute Gasteiger partial charge is 0.416 e. The summed E-state index contributed by atoms with van der Waals surface area (Å²) in [7, 11) is 0. The van der Waals surface area contributed by atoms with Crippen molar-refractivity contribution in [3.63, 3.8) is 0 Å². The molecule has 0 saturated heterocycles. The Morgan fingerprint density at radius 2 is 1.83 bits per heavy atom. The summed E-state index contributed by atoms with van der Waals surface area (Å²) in [5.41, 5.74) is -1.35. The van der Waals surface area contributed by atoms with E-state index in [1.807, 2.05) is 0 Å². The van der Waals surface area contributed by atoms with Crippen molar-refractivity contribution in [3.05, 3.63) is 64.4 Å². The standard InChI is InChI=1S/C19H15ClF4N2O4/c1-10(17(28)26-15-8-12(19(22,23)24)5-6-14(15)20)30-16(27)9-25-18(29)11-3-2-4-13(21)7-11/h2-8,10H,9H2,1H3,(H,25,29)(H,26,28). The highest BCUT2D eigenvalue weighted by molar-refractivity contribution is 6.33. The number of anilines is 1. The first kappa shape index (κ1) is 23.1. The Morgan fingerprint density at radius 1 is 1.13 bits per heavy atom. The van der Waals surface area contributed by atoms with Crippen molar-refractivity contribution < 1.29 is 36.7 Å².